The molecule has 1 heterocycles. The standard InChI is InChI=1S/C18H14N2O3S/c1-2-9-23-15-8-7-11-5-3-4-6-12(11)13(15)10-14-16(21)19-18(24)20-17(14)22/h2-8,10H,1,9H2,(H2,19,20,21,22,24). The van der Waals surface area contributed by atoms with Crippen molar-refractivity contribution in [2.45, 2.75) is 0 Å². The number of amides is 2. The average Bonchev–Trinajstić information content (AvgIpc) is 2.56. The summed E-state index contributed by atoms with van der Waals surface area (Å²) in [6.07, 6.45) is 3.15. The molecule has 3 rings (SSSR count). The van der Waals surface area contributed by atoms with Gasteiger partial charge in [0, 0.05) is 5.56 Å². The van der Waals surface area contributed by atoms with E-state index in [0.29, 0.717) is 17.9 Å². The summed E-state index contributed by atoms with van der Waals surface area (Å²) in [7, 11) is 0. The first kappa shape index (κ1) is 15.9. The van der Waals surface area contributed by atoms with E-state index in [2.05, 4.69) is 17.2 Å². The summed E-state index contributed by atoms with van der Waals surface area (Å²) < 4.78 is 5.68. The third-order valence-electron chi connectivity index (χ3n) is 3.52. The summed E-state index contributed by atoms with van der Waals surface area (Å²) in [6.45, 7) is 3.95. The van der Waals surface area contributed by atoms with Crippen molar-refractivity contribution in [2.24, 2.45) is 0 Å². The SMILES string of the molecule is C=CCOc1ccc2ccccc2c1C=C1C(=O)NC(=S)NC1=O. The smallest absolute Gasteiger partial charge is 0.263 e. The quantitative estimate of drug-likeness (QED) is 0.389. The van der Waals surface area contributed by atoms with Crippen molar-refractivity contribution in [2.75, 3.05) is 6.61 Å². The lowest BCUT2D eigenvalue weighted by Crippen LogP contribution is -2.51. The number of carbonyl (C=O) groups excluding carboxylic acids is 2. The van der Waals surface area contributed by atoms with Gasteiger partial charge in [-0.15, -0.1) is 0 Å². The second kappa shape index (κ2) is 6.64. The predicted molar refractivity (Wildman–Crippen MR) is 96.5 cm³/mol. The van der Waals surface area contributed by atoms with E-state index in [0.717, 1.165) is 10.8 Å². The third-order valence-corrected chi connectivity index (χ3v) is 3.72. The highest BCUT2D eigenvalue weighted by Crippen LogP contribution is 2.30. The fourth-order valence-electron chi connectivity index (χ4n) is 2.45. The molecular weight excluding hydrogens is 324 g/mol. The normalized spacial score (nSPS) is 14.2. The van der Waals surface area contributed by atoms with Gasteiger partial charge in [0.05, 0.1) is 0 Å². The lowest BCUT2D eigenvalue weighted by molar-refractivity contribution is -0.123. The molecule has 2 N–H and O–H groups in total. The minimum absolute atomic E-state index is 0.00296. The summed E-state index contributed by atoms with van der Waals surface area (Å²) in [6, 6.07) is 11.4. The Hall–Kier alpha value is -2.99. The number of nitrogens with one attached hydrogen (secondary N) is 2. The Morgan fingerprint density at radius 1 is 1.08 bits per heavy atom. The molecule has 24 heavy (non-hydrogen) atoms. The topological polar surface area (TPSA) is 67.4 Å². The Balaban J connectivity index is 2.17. The first-order valence-corrected chi connectivity index (χ1v) is 7.65. The van der Waals surface area contributed by atoms with Gasteiger partial charge >= 0.3 is 0 Å². The van der Waals surface area contributed by atoms with E-state index in [1.165, 1.54) is 6.08 Å². The van der Waals surface area contributed by atoms with E-state index in [-0.39, 0.29) is 10.7 Å². The maximum Gasteiger partial charge on any atom is 0.263 e. The molecule has 1 fully saturated rings. The molecule has 2 amide bonds. The van der Waals surface area contributed by atoms with Crippen LogP contribution in [0.15, 0.2) is 54.6 Å². The summed E-state index contributed by atoms with van der Waals surface area (Å²) >= 11 is 4.81. The minimum Gasteiger partial charge on any atom is -0.489 e. The summed E-state index contributed by atoms with van der Waals surface area (Å²) in [5, 5.41) is 6.70. The van der Waals surface area contributed by atoms with Gasteiger partial charge in [0.15, 0.2) is 5.11 Å². The second-order valence-corrected chi connectivity index (χ2v) is 5.50. The monoisotopic (exact) mass is 338 g/mol. The molecule has 5 nitrogen and oxygen atoms in total. The first-order chi connectivity index (χ1) is 11.6. The zero-order valence-corrected chi connectivity index (χ0v) is 13.5. The van der Waals surface area contributed by atoms with E-state index >= 15 is 0 Å². The van der Waals surface area contributed by atoms with E-state index in [9.17, 15) is 9.59 Å². The molecule has 6 heteroatoms. The van der Waals surface area contributed by atoms with Crippen molar-refractivity contribution in [1.82, 2.24) is 10.6 Å². The largest absolute Gasteiger partial charge is 0.489 e. The average molecular weight is 338 g/mol. The van der Waals surface area contributed by atoms with Crippen LogP contribution < -0.4 is 15.4 Å². The lowest BCUT2D eigenvalue weighted by Gasteiger charge is -2.17. The Labute approximate surface area is 144 Å². The van der Waals surface area contributed by atoms with E-state index in [1.807, 2.05) is 36.4 Å². The van der Waals surface area contributed by atoms with Crippen molar-refractivity contribution in [1.29, 1.82) is 0 Å². The summed E-state index contributed by atoms with van der Waals surface area (Å²) in [5.41, 5.74) is 0.631. The number of rotatable bonds is 4. The van der Waals surface area contributed by atoms with Crippen LogP contribution in [-0.4, -0.2) is 23.5 Å². The summed E-state index contributed by atoms with van der Waals surface area (Å²) in [4.78, 5) is 24.2. The van der Waals surface area contributed by atoms with Crippen LogP contribution in [-0.2, 0) is 9.59 Å². The lowest BCUT2D eigenvalue weighted by atomic mass is 10.00. The molecule has 1 saturated heterocycles. The van der Waals surface area contributed by atoms with E-state index in [1.54, 1.807) is 6.08 Å². The fraction of sp³-hybridized carbons (Fsp3) is 0.0556. The van der Waals surface area contributed by atoms with Gasteiger partial charge in [-0.1, -0.05) is 43.0 Å². The number of hydrogen-bond donors (Lipinski definition) is 2. The van der Waals surface area contributed by atoms with Crippen LogP contribution >= 0.6 is 12.2 Å². The Bertz CT molecular complexity index is 880. The first-order valence-electron chi connectivity index (χ1n) is 7.24. The van der Waals surface area contributed by atoms with Crippen molar-refractivity contribution < 1.29 is 14.3 Å². The van der Waals surface area contributed by atoms with Crippen LogP contribution in [0.5, 0.6) is 5.75 Å². The van der Waals surface area contributed by atoms with E-state index in [4.69, 9.17) is 17.0 Å². The molecule has 0 unspecified atom stereocenters. The highest BCUT2D eigenvalue weighted by Gasteiger charge is 2.26. The maximum atomic E-state index is 12.1. The zero-order chi connectivity index (χ0) is 17.1. The van der Waals surface area contributed by atoms with Crippen LogP contribution in [0.25, 0.3) is 16.8 Å². The number of hydrogen-bond acceptors (Lipinski definition) is 4. The van der Waals surface area contributed by atoms with Gasteiger partial charge < -0.3 is 4.74 Å². The Kier molecular flexibility index (Phi) is 4.39. The number of benzene rings is 2. The van der Waals surface area contributed by atoms with Gasteiger partial charge in [0.2, 0.25) is 0 Å². The summed E-state index contributed by atoms with van der Waals surface area (Å²) in [5.74, 6) is -0.507. The molecule has 1 aliphatic rings. The molecule has 0 aromatic heterocycles. The van der Waals surface area contributed by atoms with Gasteiger partial charge in [-0.05, 0) is 35.1 Å². The number of fused-ring (bicyclic) bond motifs is 1. The van der Waals surface area contributed by atoms with Crippen molar-refractivity contribution in [3.8, 4) is 5.75 Å². The number of ether oxygens (including phenoxy) is 1. The van der Waals surface area contributed by atoms with Crippen LogP contribution in [0.1, 0.15) is 5.56 Å². The molecule has 0 radical (unpaired) electrons. The van der Waals surface area contributed by atoms with Crippen molar-refractivity contribution >= 4 is 46.0 Å². The van der Waals surface area contributed by atoms with Gasteiger partial charge in [0.25, 0.3) is 11.8 Å². The van der Waals surface area contributed by atoms with Crippen molar-refractivity contribution in [3.05, 3.63) is 60.2 Å². The minimum atomic E-state index is -0.536. The van der Waals surface area contributed by atoms with Gasteiger partial charge in [-0.25, -0.2) is 0 Å². The van der Waals surface area contributed by atoms with Crippen LogP contribution in [0.3, 0.4) is 0 Å². The molecule has 2 aromatic carbocycles. The molecule has 2 aromatic rings. The molecule has 0 bridgehead atoms. The van der Waals surface area contributed by atoms with Crippen LogP contribution in [0, 0.1) is 0 Å². The van der Waals surface area contributed by atoms with Crippen molar-refractivity contribution in [3.63, 3.8) is 0 Å². The third kappa shape index (κ3) is 3.04. The molecule has 0 saturated carbocycles. The molecule has 0 spiro atoms. The van der Waals surface area contributed by atoms with Crippen LogP contribution in [0.4, 0.5) is 0 Å². The zero-order valence-electron chi connectivity index (χ0n) is 12.7. The van der Waals surface area contributed by atoms with Crippen LogP contribution in [0.2, 0.25) is 0 Å². The molecule has 0 atom stereocenters. The molecule has 0 aliphatic carbocycles. The highest BCUT2D eigenvalue weighted by atomic mass is 32.1. The fourth-order valence-corrected chi connectivity index (χ4v) is 2.64. The number of thiocarbonyl (C=S) groups is 1. The van der Waals surface area contributed by atoms with Gasteiger partial charge in [-0.2, -0.15) is 0 Å². The molecule has 1 aliphatic heterocycles. The highest BCUT2D eigenvalue weighted by molar-refractivity contribution is 7.80. The van der Waals surface area contributed by atoms with E-state index < -0.39 is 11.8 Å². The Morgan fingerprint density at radius 3 is 2.50 bits per heavy atom. The predicted octanol–water partition coefficient (Wildman–Crippen LogP) is 2.32. The molecular formula is C18H14N2O3S. The molecule has 120 valence electrons. The van der Waals surface area contributed by atoms with Gasteiger partial charge in [-0.3, -0.25) is 20.2 Å². The Morgan fingerprint density at radius 2 is 1.79 bits per heavy atom. The number of carbonyl (C=O) groups is 2. The second-order valence-electron chi connectivity index (χ2n) is 5.09. The van der Waals surface area contributed by atoms with Gasteiger partial charge in [0.1, 0.15) is 17.9 Å². The maximum absolute atomic E-state index is 12.1.